The molecule has 15 nitrogen and oxygen atoms in total. The molecule has 1 spiro atoms. The third-order valence-corrected chi connectivity index (χ3v) is 7.10. The summed E-state index contributed by atoms with van der Waals surface area (Å²) >= 11 is 5.87. The lowest BCUT2D eigenvalue weighted by Gasteiger charge is -2.38. The number of anilines is 5. The molecule has 2 amide bonds. The monoisotopic (exact) mass is 571 g/mol. The van der Waals surface area contributed by atoms with E-state index in [1.54, 1.807) is 4.90 Å². The molecule has 16 heteroatoms. The molecule has 2 saturated heterocycles. The molecule has 0 aromatic carbocycles. The topological polar surface area (TPSA) is 219 Å². The average molecular weight is 572 g/mol. The van der Waals surface area contributed by atoms with Crippen LogP contribution in [0.1, 0.15) is 42.6 Å². The molecule has 0 radical (unpaired) electrons. The summed E-state index contributed by atoms with van der Waals surface area (Å²) in [6.45, 7) is 5.78. The summed E-state index contributed by atoms with van der Waals surface area (Å²) in [6, 6.07) is 0. The Morgan fingerprint density at radius 3 is 2.60 bits per heavy atom. The molecular weight excluding hydrogens is 538 g/mol. The van der Waals surface area contributed by atoms with Crippen LogP contribution in [-0.2, 0) is 4.79 Å². The summed E-state index contributed by atoms with van der Waals surface area (Å²) in [7, 11) is 3.70. The lowest BCUT2D eigenvalue weighted by atomic mass is 9.88. The van der Waals surface area contributed by atoms with Crippen molar-refractivity contribution in [3.63, 3.8) is 0 Å². The van der Waals surface area contributed by atoms with Crippen molar-refractivity contribution in [3.05, 3.63) is 29.5 Å². The maximum Gasteiger partial charge on any atom is 0.302 e. The smallest absolute Gasteiger partial charge is 0.302 e. The van der Waals surface area contributed by atoms with Crippen molar-refractivity contribution in [2.45, 2.75) is 37.6 Å². The van der Waals surface area contributed by atoms with Crippen LogP contribution in [0.4, 0.5) is 29.0 Å². The zero-order chi connectivity index (χ0) is 29.0. The van der Waals surface area contributed by atoms with Crippen molar-refractivity contribution in [1.29, 1.82) is 0 Å². The Morgan fingerprint density at radius 2 is 1.90 bits per heavy atom. The van der Waals surface area contributed by atoms with Gasteiger partial charge in [0, 0.05) is 45.8 Å². The Bertz CT molecular complexity index is 1340. The number of hydrogen-bond donors (Lipinski definition) is 6. The molecule has 40 heavy (non-hydrogen) atoms. The lowest BCUT2D eigenvalue weighted by Crippen LogP contribution is -2.53. The number of nitrogens with two attached hydrogens (primary N) is 3. The van der Waals surface area contributed by atoms with Crippen molar-refractivity contribution < 1.29 is 9.59 Å². The van der Waals surface area contributed by atoms with Crippen LogP contribution in [0, 0.1) is 0 Å². The Labute approximate surface area is 236 Å². The molecule has 2 aliphatic rings. The Balaban J connectivity index is 1.23. The van der Waals surface area contributed by atoms with Gasteiger partial charge in [0.1, 0.15) is 12.0 Å². The van der Waals surface area contributed by atoms with Crippen molar-refractivity contribution in [3.8, 4) is 0 Å². The van der Waals surface area contributed by atoms with E-state index in [0.29, 0.717) is 75.0 Å². The molecule has 2 aromatic rings. The Kier molecular flexibility index (Phi) is 8.42. The van der Waals surface area contributed by atoms with Crippen molar-refractivity contribution in [2.24, 2.45) is 4.99 Å². The normalized spacial score (nSPS) is 16.9. The fourth-order valence-electron chi connectivity index (χ4n) is 4.58. The fourth-order valence-corrected chi connectivity index (χ4v) is 4.71. The first-order chi connectivity index (χ1) is 19.0. The van der Waals surface area contributed by atoms with E-state index in [4.69, 9.17) is 28.8 Å². The van der Waals surface area contributed by atoms with Gasteiger partial charge in [-0.25, -0.2) is 19.9 Å². The summed E-state index contributed by atoms with van der Waals surface area (Å²) < 4.78 is 0. The highest BCUT2D eigenvalue weighted by molar-refractivity contribution is 6.31. The third-order valence-electron chi connectivity index (χ3n) is 6.82. The van der Waals surface area contributed by atoms with Crippen LogP contribution in [0.2, 0.25) is 5.15 Å². The SMILES string of the molecule is C=C(CCCC(=O)N1CCC2(CC1)CN/C(=N\C(=O)c1nc(Cl)c(N)nc1N)N2)Nc1ncnc(N(C)C)c1N. The second kappa shape index (κ2) is 11.8. The number of nitrogens with zero attached hydrogens (tertiary/aromatic N) is 7. The van der Waals surface area contributed by atoms with Gasteiger partial charge in [-0.3, -0.25) is 9.59 Å². The zero-order valence-corrected chi connectivity index (χ0v) is 23.3. The van der Waals surface area contributed by atoms with Gasteiger partial charge in [-0.15, -0.1) is 0 Å². The van der Waals surface area contributed by atoms with Crippen LogP contribution in [0.3, 0.4) is 0 Å². The van der Waals surface area contributed by atoms with Gasteiger partial charge in [-0.05, 0) is 25.7 Å². The van der Waals surface area contributed by atoms with E-state index in [9.17, 15) is 9.59 Å². The summed E-state index contributed by atoms with van der Waals surface area (Å²) in [6.07, 6.45) is 4.47. The fraction of sp³-hybridized carbons (Fsp3) is 0.458. The molecule has 214 valence electrons. The lowest BCUT2D eigenvalue weighted by molar-refractivity contribution is -0.132. The molecule has 0 atom stereocenters. The zero-order valence-electron chi connectivity index (χ0n) is 22.5. The van der Waals surface area contributed by atoms with Gasteiger partial charge < -0.3 is 43.0 Å². The van der Waals surface area contributed by atoms with Gasteiger partial charge in [-0.2, -0.15) is 4.99 Å². The first-order valence-electron chi connectivity index (χ1n) is 12.7. The number of carbonyl (C=O) groups excluding carboxylic acids is 2. The molecule has 0 saturated carbocycles. The first kappa shape index (κ1) is 28.6. The van der Waals surface area contributed by atoms with E-state index in [-0.39, 0.29) is 33.9 Å². The predicted octanol–water partition coefficient (Wildman–Crippen LogP) is 0.579. The number of nitrogen functional groups attached to an aromatic ring is 3. The second-order valence-electron chi connectivity index (χ2n) is 9.97. The van der Waals surface area contributed by atoms with Crippen LogP contribution < -0.4 is 38.1 Å². The highest BCUT2D eigenvalue weighted by Gasteiger charge is 2.40. The second-order valence-corrected chi connectivity index (χ2v) is 10.3. The standard InChI is InChI=1S/C24H34ClN13O2/c1-13(32-20-15(26)21(37(2)3)31-12-30-20)5-4-6-14(39)38-9-7-24(8-10-38)11-29-23(36-24)35-22(40)16-18(27)34-19(28)17(25)33-16/h12H,1,4-11,26H2,2-3H3,(H4,27,28,34)(H,30,31,32)(H2,29,35,36,40). The van der Waals surface area contributed by atoms with E-state index in [1.165, 1.54) is 6.33 Å². The van der Waals surface area contributed by atoms with E-state index in [1.807, 2.05) is 19.0 Å². The molecule has 4 heterocycles. The average Bonchev–Trinajstić information content (AvgIpc) is 3.28. The molecule has 0 unspecified atom stereocenters. The highest BCUT2D eigenvalue weighted by atomic mass is 35.5. The molecule has 2 aromatic heterocycles. The van der Waals surface area contributed by atoms with Crippen molar-refractivity contribution in [1.82, 2.24) is 35.5 Å². The molecular formula is C24H34ClN13O2. The predicted molar refractivity (Wildman–Crippen MR) is 155 cm³/mol. The minimum atomic E-state index is -0.691. The van der Waals surface area contributed by atoms with E-state index < -0.39 is 5.91 Å². The maximum absolute atomic E-state index is 12.8. The van der Waals surface area contributed by atoms with Gasteiger partial charge in [0.2, 0.25) is 5.91 Å². The van der Waals surface area contributed by atoms with E-state index >= 15 is 0 Å². The quantitative estimate of drug-likeness (QED) is 0.255. The molecule has 2 aliphatic heterocycles. The van der Waals surface area contributed by atoms with Gasteiger partial charge in [0.05, 0.1) is 5.54 Å². The maximum atomic E-state index is 12.8. The number of allylic oxidation sites excluding steroid dienone is 1. The molecule has 4 rings (SSSR count). The van der Waals surface area contributed by atoms with Gasteiger partial charge >= 0.3 is 5.91 Å². The van der Waals surface area contributed by atoms with Gasteiger partial charge in [-0.1, -0.05) is 18.2 Å². The van der Waals surface area contributed by atoms with Crippen LogP contribution in [0.25, 0.3) is 0 Å². The van der Waals surface area contributed by atoms with E-state index in [0.717, 1.165) is 5.70 Å². The first-order valence-corrected chi connectivity index (χ1v) is 13.1. The number of carbonyl (C=O) groups is 2. The highest BCUT2D eigenvalue weighted by Crippen LogP contribution is 2.27. The number of likely N-dealkylation sites (tertiary alicyclic amines) is 1. The van der Waals surface area contributed by atoms with Gasteiger partial charge in [0.25, 0.3) is 0 Å². The largest absolute Gasteiger partial charge is 0.393 e. The minimum absolute atomic E-state index is 0.0616. The number of rotatable bonds is 8. The Morgan fingerprint density at radius 1 is 1.18 bits per heavy atom. The molecule has 9 N–H and O–H groups in total. The van der Waals surface area contributed by atoms with Crippen LogP contribution >= 0.6 is 11.6 Å². The summed E-state index contributed by atoms with van der Waals surface area (Å²) in [5.41, 5.74) is 18.1. The Hall–Kier alpha value is -4.40. The third kappa shape index (κ3) is 6.42. The summed E-state index contributed by atoms with van der Waals surface area (Å²) in [5.74, 6) is 0.608. The van der Waals surface area contributed by atoms with Gasteiger partial charge in [0.15, 0.2) is 40.1 Å². The number of guanidine groups is 1. The van der Waals surface area contributed by atoms with Crippen LogP contribution in [0.15, 0.2) is 23.6 Å². The number of nitrogens with one attached hydrogen (secondary N) is 3. The van der Waals surface area contributed by atoms with E-state index in [2.05, 4.69) is 47.5 Å². The number of aliphatic imine (C=N–C) groups is 1. The summed E-state index contributed by atoms with van der Waals surface area (Å²) in [4.78, 5) is 49.2. The van der Waals surface area contributed by atoms with Crippen LogP contribution in [0.5, 0.6) is 0 Å². The number of piperidine rings is 1. The number of aromatic nitrogens is 4. The molecule has 0 bridgehead atoms. The van der Waals surface area contributed by atoms with Crippen molar-refractivity contribution >= 4 is 58.3 Å². The number of hydrogen-bond acceptors (Lipinski definition) is 11. The minimum Gasteiger partial charge on any atom is -0.393 e. The molecule has 2 fully saturated rings. The molecule has 0 aliphatic carbocycles. The summed E-state index contributed by atoms with van der Waals surface area (Å²) in [5, 5.41) is 9.43. The number of halogens is 1. The number of amides is 2. The van der Waals surface area contributed by atoms with Crippen LogP contribution in [-0.4, -0.2) is 81.9 Å². The van der Waals surface area contributed by atoms with Crippen molar-refractivity contribution in [2.75, 3.05) is 61.1 Å².